The van der Waals surface area contributed by atoms with Gasteiger partial charge in [-0.05, 0) is 61.6 Å². The maximum absolute atomic E-state index is 12.7. The Bertz CT molecular complexity index is 1200. The highest BCUT2D eigenvalue weighted by Crippen LogP contribution is 2.23. The van der Waals surface area contributed by atoms with Crippen LogP contribution in [0, 0.1) is 20.8 Å². The molecule has 1 amide bonds. The van der Waals surface area contributed by atoms with Crippen LogP contribution in [-0.4, -0.2) is 48.4 Å². The number of carbonyl (C=O) groups excluding carboxylic acids is 1. The fourth-order valence-corrected chi connectivity index (χ4v) is 4.73. The number of benzene rings is 2. The summed E-state index contributed by atoms with van der Waals surface area (Å²) in [7, 11) is 0. The smallest absolute Gasteiger partial charge is 0.336 e. The van der Waals surface area contributed by atoms with Crippen molar-refractivity contribution in [2.24, 2.45) is 0 Å². The van der Waals surface area contributed by atoms with Crippen molar-refractivity contribution >= 4 is 22.6 Å². The van der Waals surface area contributed by atoms with Gasteiger partial charge >= 0.3 is 5.63 Å². The second kappa shape index (κ2) is 9.89. The number of hydrogen-bond donors (Lipinski definition) is 1. The van der Waals surface area contributed by atoms with Crippen molar-refractivity contribution in [3.05, 3.63) is 74.6 Å². The quantitative estimate of drug-likeness (QED) is 0.578. The van der Waals surface area contributed by atoms with Crippen molar-refractivity contribution in [1.29, 1.82) is 0 Å². The number of amides is 1. The largest absolute Gasteiger partial charge is 0.423 e. The zero-order valence-corrected chi connectivity index (χ0v) is 20.0. The van der Waals surface area contributed by atoms with Gasteiger partial charge in [0.05, 0.1) is 6.54 Å². The lowest BCUT2D eigenvalue weighted by Crippen LogP contribution is -2.48. The van der Waals surface area contributed by atoms with Crippen LogP contribution >= 0.6 is 0 Å². The molecule has 0 spiro atoms. The zero-order valence-electron chi connectivity index (χ0n) is 20.0. The van der Waals surface area contributed by atoms with Crippen molar-refractivity contribution in [2.45, 2.75) is 40.7 Å². The van der Waals surface area contributed by atoms with Gasteiger partial charge in [-0.1, -0.05) is 30.7 Å². The van der Waals surface area contributed by atoms with E-state index >= 15 is 0 Å². The van der Waals surface area contributed by atoms with E-state index in [9.17, 15) is 9.59 Å². The summed E-state index contributed by atoms with van der Waals surface area (Å²) in [5.41, 5.74) is 6.89. The maximum Gasteiger partial charge on any atom is 0.336 e. The number of fused-ring (bicyclic) bond motifs is 1. The van der Waals surface area contributed by atoms with E-state index in [0.717, 1.165) is 60.4 Å². The van der Waals surface area contributed by atoms with Crippen molar-refractivity contribution in [3.63, 3.8) is 0 Å². The summed E-state index contributed by atoms with van der Waals surface area (Å²) in [5.74, 6) is 0.0252. The number of nitrogens with one attached hydrogen (secondary N) is 1. The van der Waals surface area contributed by atoms with Crippen LogP contribution in [0.5, 0.6) is 0 Å². The van der Waals surface area contributed by atoms with E-state index in [1.807, 2.05) is 26.0 Å². The molecule has 1 aliphatic heterocycles. The monoisotopic (exact) mass is 447 g/mol. The molecule has 1 aromatic heterocycles. The molecule has 33 heavy (non-hydrogen) atoms. The van der Waals surface area contributed by atoms with Crippen LogP contribution in [0.1, 0.15) is 34.7 Å². The van der Waals surface area contributed by atoms with Gasteiger partial charge in [0.15, 0.2) is 0 Å². The van der Waals surface area contributed by atoms with Gasteiger partial charge in [-0.3, -0.25) is 14.6 Å². The van der Waals surface area contributed by atoms with Crippen molar-refractivity contribution in [2.75, 3.05) is 38.0 Å². The maximum atomic E-state index is 12.7. The normalized spacial score (nSPS) is 15.2. The van der Waals surface area contributed by atoms with Gasteiger partial charge in [-0.2, -0.15) is 0 Å². The van der Waals surface area contributed by atoms with E-state index in [-0.39, 0.29) is 11.5 Å². The summed E-state index contributed by atoms with van der Waals surface area (Å²) < 4.78 is 5.40. The minimum atomic E-state index is -0.307. The predicted molar refractivity (Wildman–Crippen MR) is 133 cm³/mol. The molecule has 1 N–H and O–H groups in total. The van der Waals surface area contributed by atoms with Crippen LogP contribution in [0.3, 0.4) is 0 Å². The zero-order chi connectivity index (χ0) is 23.5. The average Bonchev–Trinajstić information content (AvgIpc) is 2.77. The van der Waals surface area contributed by atoms with Gasteiger partial charge in [0.1, 0.15) is 5.58 Å². The fraction of sp³-hybridized carbons (Fsp3) is 0.407. The summed E-state index contributed by atoms with van der Waals surface area (Å²) in [6, 6.07) is 11.8. The first-order valence-electron chi connectivity index (χ1n) is 11.7. The molecule has 1 fully saturated rings. The third kappa shape index (κ3) is 5.52. The van der Waals surface area contributed by atoms with E-state index in [0.29, 0.717) is 18.7 Å². The molecular weight excluding hydrogens is 414 g/mol. The molecule has 0 bridgehead atoms. The molecule has 3 aromatic rings. The second-order valence-electron chi connectivity index (χ2n) is 9.15. The van der Waals surface area contributed by atoms with Gasteiger partial charge in [0.25, 0.3) is 0 Å². The van der Waals surface area contributed by atoms with Crippen LogP contribution in [0.4, 0.5) is 5.69 Å². The van der Waals surface area contributed by atoms with Crippen LogP contribution in [0.2, 0.25) is 0 Å². The predicted octanol–water partition coefficient (Wildman–Crippen LogP) is 4.04. The number of aryl methyl sites for hydroxylation is 4. The highest BCUT2D eigenvalue weighted by Gasteiger charge is 2.21. The summed E-state index contributed by atoms with van der Waals surface area (Å²) in [5, 5.41) is 4.12. The van der Waals surface area contributed by atoms with Crippen molar-refractivity contribution in [3.8, 4) is 0 Å². The summed E-state index contributed by atoms with van der Waals surface area (Å²) >= 11 is 0. The molecule has 0 saturated carbocycles. The second-order valence-corrected chi connectivity index (χ2v) is 9.15. The molecule has 174 valence electrons. The molecule has 1 aliphatic rings. The Morgan fingerprint density at radius 3 is 2.30 bits per heavy atom. The van der Waals surface area contributed by atoms with Gasteiger partial charge in [-0.15, -0.1) is 0 Å². The lowest BCUT2D eigenvalue weighted by molar-refractivity contribution is -0.117. The van der Waals surface area contributed by atoms with Crippen LogP contribution in [-0.2, 0) is 17.8 Å². The topological polar surface area (TPSA) is 65.8 Å². The highest BCUT2D eigenvalue weighted by atomic mass is 16.4. The van der Waals surface area contributed by atoms with E-state index in [1.165, 1.54) is 11.1 Å². The molecule has 2 aromatic carbocycles. The van der Waals surface area contributed by atoms with Crippen LogP contribution in [0.25, 0.3) is 11.0 Å². The number of nitrogens with zero attached hydrogens (tertiary/aromatic N) is 2. The highest BCUT2D eigenvalue weighted by molar-refractivity contribution is 5.93. The first kappa shape index (κ1) is 23.2. The Labute approximate surface area is 195 Å². The molecule has 2 heterocycles. The van der Waals surface area contributed by atoms with Crippen LogP contribution in [0.15, 0.2) is 45.6 Å². The molecule has 0 atom stereocenters. The summed E-state index contributed by atoms with van der Waals surface area (Å²) in [4.78, 5) is 29.3. The minimum absolute atomic E-state index is 0.0252. The number of anilines is 1. The summed E-state index contributed by atoms with van der Waals surface area (Å²) in [6.45, 7) is 12.7. The summed E-state index contributed by atoms with van der Waals surface area (Å²) in [6.07, 6.45) is 0.941. The van der Waals surface area contributed by atoms with E-state index in [4.69, 9.17) is 4.42 Å². The Balaban J connectivity index is 1.36. The van der Waals surface area contributed by atoms with Crippen molar-refractivity contribution in [1.82, 2.24) is 9.80 Å². The Morgan fingerprint density at radius 1 is 0.970 bits per heavy atom. The SMILES string of the molecule is CCc1ccc2oc(=O)cc(CN3CCN(CC(=O)Nc4c(C)cc(C)cc4C)CC3)c2c1. The molecular formula is C27H33N3O3. The lowest BCUT2D eigenvalue weighted by atomic mass is 10.0. The molecule has 6 nitrogen and oxygen atoms in total. The first-order valence-corrected chi connectivity index (χ1v) is 11.7. The third-order valence-corrected chi connectivity index (χ3v) is 6.47. The number of piperazine rings is 1. The van der Waals surface area contributed by atoms with Gasteiger partial charge in [0.2, 0.25) is 5.91 Å². The van der Waals surface area contributed by atoms with Crippen LogP contribution < -0.4 is 10.9 Å². The minimum Gasteiger partial charge on any atom is -0.423 e. The Hall–Kier alpha value is -2.96. The molecule has 0 unspecified atom stereocenters. The molecule has 6 heteroatoms. The number of hydrogen-bond acceptors (Lipinski definition) is 5. The first-order chi connectivity index (χ1) is 15.8. The van der Waals surface area contributed by atoms with Gasteiger partial charge in [0, 0.05) is 49.9 Å². The number of rotatable bonds is 6. The van der Waals surface area contributed by atoms with Gasteiger partial charge in [-0.25, -0.2) is 4.79 Å². The molecule has 0 radical (unpaired) electrons. The molecule has 0 aliphatic carbocycles. The lowest BCUT2D eigenvalue weighted by Gasteiger charge is -2.34. The Morgan fingerprint density at radius 2 is 1.64 bits per heavy atom. The molecule has 4 rings (SSSR count). The van der Waals surface area contributed by atoms with Crippen molar-refractivity contribution < 1.29 is 9.21 Å². The van der Waals surface area contributed by atoms with E-state index in [1.54, 1.807) is 6.07 Å². The fourth-order valence-electron chi connectivity index (χ4n) is 4.73. The van der Waals surface area contributed by atoms with E-state index < -0.39 is 0 Å². The van der Waals surface area contributed by atoms with E-state index in [2.05, 4.69) is 47.2 Å². The standard InChI is InChI=1S/C27H33N3O3/c1-5-21-6-7-24-23(14-21)22(15-26(32)33-24)16-29-8-10-30(11-9-29)17-25(31)28-27-19(3)12-18(2)13-20(27)4/h6-7,12-15H,5,8-11,16-17H2,1-4H3,(H,28,31). The Kier molecular flexibility index (Phi) is 6.96. The van der Waals surface area contributed by atoms with Gasteiger partial charge < -0.3 is 9.73 Å². The number of carbonyl (C=O) groups is 1. The molecule has 1 saturated heterocycles. The average molecular weight is 448 g/mol. The third-order valence-electron chi connectivity index (χ3n) is 6.47.